The molecule has 0 radical (unpaired) electrons. The van der Waals surface area contributed by atoms with E-state index < -0.39 is 11.9 Å². The molecular formula is C16H17N3O2. The first-order valence-electron chi connectivity index (χ1n) is 6.92. The maximum absolute atomic E-state index is 11.2. The fraction of sp³-hybridized carbons (Fsp3) is 0.312. The van der Waals surface area contributed by atoms with E-state index in [0.717, 1.165) is 17.3 Å². The number of aromatic nitrogens is 1. The number of pyridine rings is 1. The van der Waals surface area contributed by atoms with Crippen molar-refractivity contribution >= 4 is 22.6 Å². The first-order chi connectivity index (χ1) is 10.2. The molecular weight excluding hydrogens is 266 g/mol. The molecule has 1 unspecified atom stereocenters. The molecule has 2 aromatic rings. The second kappa shape index (κ2) is 6.71. The van der Waals surface area contributed by atoms with E-state index in [9.17, 15) is 15.2 Å². The molecule has 0 spiro atoms. The summed E-state index contributed by atoms with van der Waals surface area (Å²) < 4.78 is 0. The average molecular weight is 283 g/mol. The number of nitrogens with zero attached hydrogens (tertiary/aromatic N) is 2. The Hall–Kier alpha value is -2.61. The Morgan fingerprint density at radius 2 is 2.24 bits per heavy atom. The summed E-state index contributed by atoms with van der Waals surface area (Å²) in [6, 6.07) is 9.59. The number of nitriles is 1. The van der Waals surface area contributed by atoms with Gasteiger partial charge in [0.1, 0.15) is 6.07 Å². The number of hydrogen-bond donors (Lipinski definition) is 2. The summed E-state index contributed by atoms with van der Waals surface area (Å²) in [5.74, 6) is -1.28. The molecule has 0 amide bonds. The summed E-state index contributed by atoms with van der Waals surface area (Å²) in [4.78, 5) is 15.4. The number of carbonyl (C=O) groups is 1. The Bertz CT molecular complexity index is 691. The van der Waals surface area contributed by atoms with Crippen LogP contribution in [0.5, 0.6) is 0 Å². The van der Waals surface area contributed by atoms with Crippen molar-refractivity contribution in [3.63, 3.8) is 0 Å². The SMILES string of the molecule is CCCC(CNc1c(C#N)cnc2ccccc12)C(=O)O. The smallest absolute Gasteiger partial charge is 0.308 e. The predicted molar refractivity (Wildman–Crippen MR) is 81.0 cm³/mol. The third-order valence-corrected chi connectivity index (χ3v) is 3.41. The summed E-state index contributed by atoms with van der Waals surface area (Å²) in [6.07, 6.45) is 2.92. The number of para-hydroxylation sites is 1. The van der Waals surface area contributed by atoms with Gasteiger partial charge in [-0.15, -0.1) is 0 Å². The van der Waals surface area contributed by atoms with E-state index in [-0.39, 0.29) is 0 Å². The van der Waals surface area contributed by atoms with Gasteiger partial charge >= 0.3 is 5.97 Å². The van der Waals surface area contributed by atoms with Gasteiger partial charge in [0.05, 0.1) is 22.7 Å². The van der Waals surface area contributed by atoms with E-state index in [4.69, 9.17) is 0 Å². The number of nitrogens with one attached hydrogen (secondary N) is 1. The highest BCUT2D eigenvalue weighted by Crippen LogP contribution is 2.25. The van der Waals surface area contributed by atoms with Gasteiger partial charge in [-0.2, -0.15) is 5.26 Å². The number of rotatable bonds is 6. The molecule has 21 heavy (non-hydrogen) atoms. The molecule has 0 saturated heterocycles. The summed E-state index contributed by atoms with van der Waals surface area (Å²) >= 11 is 0. The van der Waals surface area contributed by atoms with E-state index in [1.54, 1.807) is 0 Å². The number of aliphatic carboxylic acids is 1. The minimum atomic E-state index is -0.818. The fourth-order valence-corrected chi connectivity index (χ4v) is 2.30. The van der Waals surface area contributed by atoms with Crippen molar-refractivity contribution in [1.82, 2.24) is 4.98 Å². The molecule has 0 aliphatic rings. The minimum absolute atomic E-state index is 0.297. The van der Waals surface area contributed by atoms with Crippen molar-refractivity contribution in [2.75, 3.05) is 11.9 Å². The molecule has 5 nitrogen and oxygen atoms in total. The van der Waals surface area contributed by atoms with Crippen LogP contribution in [-0.2, 0) is 4.79 Å². The molecule has 1 aromatic heterocycles. The van der Waals surface area contributed by atoms with Crippen LogP contribution in [0.1, 0.15) is 25.3 Å². The summed E-state index contributed by atoms with van der Waals surface area (Å²) in [6.45, 7) is 2.25. The predicted octanol–water partition coefficient (Wildman–Crippen LogP) is 3.02. The molecule has 0 saturated carbocycles. The molecule has 108 valence electrons. The topological polar surface area (TPSA) is 86.0 Å². The number of hydrogen-bond acceptors (Lipinski definition) is 4. The zero-order valence-corrected chi connectivity index (χ0v) is 11.8. The van der Waals surface area contributed by atoms with Gasteiger partial charge in [0.2, 0.25) is 0 Å². The lowest BCUT2D eigenvalue weighted by molar-refractivity contribution is -0.141. The Morgan fingerprint density at radius 1 is 1.48 bits per heavy atom. The molecule has 0 aliphatic heterocycles. The Balaban J connectivity index is 2.32. The second-order valence-corrected chi connectivity index (χ2v) is 4.88. The lowest BCUT2D eigenvalue weighted by atomic mass is 10.0. The van der Waals surface area contributed by atoms with E-state index in [1.165, 1.54) is 6.20 Å². The fourth-order valence-electron chi connectivity index (χ4n) is 2.30. The van der Waals surface area contributed by atoms with Gasteiger partial charge in [0.25, 0.3) is 0 Å². The van der Waals surface area contributed by atoms with Gasteiger partial charge in [-0.1, -0.05) is 31.5 Å². The lowest BCUT2D eigenvalue weighted by Crippen LogP contribution is -2.23. The highest BCUT2D eigenvalue weighted by atomic mass is 16.4. The minimum Gasteiger partial charge on any atom is -0.481 e. The standard InChI is InChI=1S/C16H17N3O2/c1-2-5-11(16(20)21)9-19-15-12(8-17)10-18-14-7-4-3-6-13(14)15/h3-4,6-7,10-11H,2,5,9H2,1H3,(H,18,19)(H,20,21). The van der Waals surface area contributed by atoms with Crippen molar-refractivity contribution in [1.29, 1.82) is 5.26 Å². The van der Waals surface area contributed by atoms with Gasteiger partial charge in [0, 0.05) is 18.1 Å². The van der Waals surface area contributed by atoms with E-state index >= 15 is 0 Å². The largest absolute Gasteiger partial charge is 0.481 e. The molecule has 0 aliphatic carbocycles. The first kappa shape index (κ1) is 14.8. The molecule has 0 fully saturated rings. The van der Waals surface area contributed by atoms with Gasteiger partial charge in [-0.05, 0) is 12.5 Å². The average Bonchev–Trinajstić information content (AvgIpc) is 2.50. The van der Waals surface area contributed by atoms with Crippen LogP contribution in [0.3, 0.4) is 0 Å². The van der Waals surface area contributed by atoms with E-state index in [1.807, 2.05) is 31.2 Å². The maximum atomic E-state index is 11.2. The normalized spacial score (nSPS) is 11.8. The Kier molecular flexibility index (Phi) is 4.72. The number of fused-ring (bicyclic) bond motifs is 1. The maximum Gasteiger partial charge on any atom is 0.308 e. The van der Waals surface area contributed by atoms with Crippen LogP contribution in [0.15, 0.2) is 30.5 Å². The zero-order chi connectivity index (χ0) is 15.2. The highest BCUT2D eigenvalue weighted by molar-refractivity contribution is 5.94. The van der Waals surface area contributed by atoms with Gasteiger partial charge in [-0.3, -0.25) is 9.78 Å². The van der Waals surface area contributed by atoms with Gasteiger partial charge < -0.3 is 10.4 Å². The monoisotopic (exact) mass is 283 g/mol. The number of carboxylic acid groups (broad SMARTS) is 1. The lowest BCUT2D eigenvalue weighted by Gasteiger charge is -2.15. The third kappa shape index (κ3) is 3.29. The molecule has 2 rings (SSSR count). The molecule has 2 N–H and O–H groups in total. The van der Waals surface area contributed by atoms with Crippen LogP contribution in [0.25, 0.3) is 10.9 Å². The first-order valence-corrected chi connectivity index (χ1v) is 6.92. The van der Waals surface area contributed by atoms with Crippen molar-refractivity contribution < 1.29 is 9.90 Å². The second-order valence-electron chi connectivity index (χ2n) is 4.88. The highest BCUT2D eigenvalue weighted by Gasteiger charge is 2.17. The summed E-state index contributed by atoms with van der Waals surface area (Å²) in [5.41, 5.74) is 1.86. The number of anilines is 1. The zero-order valence-electron chi connectivity index (χ0n) is 11.8. The molecule has 1 heterocycles. The van der Waals surface area contributed by atoms with Crippen LogP contribution in [0, 0.1) is 17.2 Å². The van der Waals surface area contributed by atoms with Crippen molar-refractivity contribution in [2.45, 2.75) is 19.8 Å². The van der Waals surface area contributed by atoms with Crippen LogP contribution in [0.2, 0.25) is 0 Å². The molecule has 1 aromatic carbocycles. The molecule has 1 atom stereocenters. The Labute approximate surface area is 123 Å². The van der Waals surface area contributed by atoms with Gasteiger partial charge in [-0.25, -0.2) is 0 Å². The molecule has 5 heteroatoms. The van der Waals surface area contributed by atoms with E-state index in [2.05, 4.69) is 16.4 Å². The van der Waals surface area contributed by atoms with Crippen LogP contribution in [-0.4, -0.2) is 22.6 Å². The molecule has 0 bridgehead atoms. The number of carboxylic acids is 1. The number of benzene rings is 1. The Morgan fingerprint density at radius 3 is 2.90 bits per heavy atom. The van der Waals surface area contributed by atoms with Gasteiger partial charge in [0.15, 0.2) is 0 Å². The van der Waals surface area contributed by atoms with Crippen LogP contribution < -0.4 is 5.32 Å². The van der Waals surface area contributed by atoms with E-state index in [0.29, 0.717) is 24.2 Å². The van der Waals surface area contributed by atoms with Crippen molar-refractivity contribution in [2.24, 2.45) is 5.92 Å². The van der Waals surface area contributed by atoms with Crippen LogP contribution >= 0.6 is 0 Å². The third-order valence-electron chi connectivity index (χ3n) is 3.41. The van der Waals surface area contributed by atoms with Crippen molar-refractivity contribution in [3.8, 4) is 6.07 Å². The quantitative estimate of drug-likeness (QED) is 0.851. The summed E-state index contributed by atoms with van der Waals surface area (Å²) in [5, 5.41) is 22.4. The summed E-state index contributed by atoms with van der Waals surface area (Å²) in [7, 11) is 0. The van der Waals surface area contributed by atoms with Crippen LogP contribution in [0.4, 0.5) is 5.69 Å². The van der Waals surface area contributed by atoms with Crippen molar-refractivity contribution in [3.05, 3.63) is 36.0 Å².